The fourth-order valence-electron chi connectivity index (χ4n) is 9.94. The number of rotatable bonds is 4. The van der Waals surface area contributed by atoms with Crippen LogP contribution in [0.1, 0.15) is 71.8 Å². The molecule has 0 radical (unpaired) electrons. The minimum absolute atomic E-state index is 0.00136. The van der Waals surface area contributed by atoms with Crippen molar-refractivity contribution in [1.82, 2.24) is 4.90 Å². The van der Waals surface area contributed by atoms with Gasteiger partial charge in [0, 0.05) is 5.41 Å². The molecule has 1 saturated heterocycles. The quantitative estimate of drug-likeness (QED) is 0.435. The number of aliphatic carboxylic acids is 1. The average molecular weight is 490 g/mol. The van der Waals surface area contributed by atoms with E-state index < -0.39 is 11.4 Å². The number of likely N-dealkylation sites (tertiary alicyclic amines) is 1. The Kier molecular flexibility index (Phi) is 5.18. The Balaban J connectivity index is 1.45. The summed E-state index contributed by atoms with van der Waals surface area (Å²) in [5.74, 6) is -0.486. The van der Waals surface area contributed by atoms with Crippen LogP contribution in [0.3, 0.4) is 0 Å². The van der Waals surface area contributed by atoms with Crippen LogP contribution in [0, 0.1) is 51.8 Å². The van der Waals surface area contributed by atoms with Crippen molar-refractivity contribution < 1.29 is 19.5 Å². The Morgan fingerprint density at radius 3 is 2.44 bits per heavy atom. The molecule has 6 aliphatic rings. The Hall–Kier alpha value is -2.43. The normalized spacial score (nSPS) is 43.2. The van der Waals surface area contributed by atoms with Crippen LogP contribution in [0.25, 0.3) is 0 Å². The molecule has 1 heterocycles. The van der Waals surface area contributed by atoms with Gasteiger partial charge in [0.05, 0.1) is 23.8 Å². The summed E-state index contributed by atoms with van der Waals surface area (Å²) in [5, 5.41) is 10.3. The van der Waals surface area contributed by atoms with Crippen LogP contribution in [0.4, 0.5) is 0 Å². The van der Waals surface area contributed by atoms with Gasteiger partial charge in [0.25, 0.3) is 0 Å². The highest BCUT2D eigenvalue weighted by atomic mass is 16.4. The number of nitrogens with zero attached hydrogens (tertiary/aromatic N) is 1. The molecule has 192 valence electrons. The Bertz CT molecular complexity index is 1160. The summed E-state index contributed by atoms with van der Waals surface area (Å²) in [7, 11) is 0. The molecule has 5 heteroatoms. The molecule has 4 fully saturated rings. The lowest BCUT2D eigenvalue weighted by molar-refractivity contribution is -0.194. The summed E-state index contributed by atoms with van der Waals surface area (Å²) in [4.78, 5) is 42.2. The van der Waals surface area contributed by atoms with Gasteiger partial charge in [-0.3, -0.25) is 19.3 Å². The zero-order valence-corrected chi connectivity index (χ0v) is 22.0. The molecule has 36 heavy (non-hydrogen) atoms. The molecule has 5 nitrogen and oxygen atoms in total. The van der Waals surface area contributed by atoms with E-state index in [1.165, 1.54) is 5.57 Å². The third-order valence-electron chi connectivity index (χ3n) is 11.4. The second kappa shape index (κ2) is 7.79. The van der Waals surface area contributed by atoms with Gasteiger partial charge in [-0.25, -0.2) is 0 Å². The van der Waals surface area contributed by atoms with E-state index in [2.05, 4.69) is 26.8 Å². The standard InChI is InChI=1S/C31H39NO4/c1-18(2)21-16-31-14-11-22-29(3,12-8-13-30(22,4)28(35)36)23(31)15-20(21)24-25(31)27(34)32(26(24)33)17-19-9-6-5-7-10-19/h5-7,9-10,16,18,20,22-25H,8,11-15,17H2,1-4H3,(H,35,36)/t20-,22+,23-,24+,25+,29-,30+,31-/m0/s1. The van der Waals surface area contributed by atoms with E-state index >= 15 is 0 Å². The highest BCUT2D eigenvalue weighted by molar-refractivity contribution is 6.06. The molecule has 3 saturated carbocycles. The van der Waals surface area contributed by atoms with Crippen LogP contribution in [0.2, 0.25) is 0 Å². The highest BCUT2D eigenvalue weighted by Gasteiger charge is 2.73. The van der Waals surface area contributed by atoms with Crippen LogP contribution in [0.5, 0.6) is 0 Å². The van der Waals surface area contributed by atoms with E-state index in [1.54, 1.807) is 4.90 Å². The van der Waals surface area contributed by atoms with Crippen molar-refractivity contribution in [2.75, 3.05) is 0 Å². The van der Waals surface area contributed by atoms with Crippen molar-refractivity contribution >= 4 is 17.8 Å². The topological polar surface area (TPSA) is 74.7 Å². The van der Waals surface area contributed by atoms with Crippen molar-refractivity contribution in [2.24, 2.45) is 51.8 Å². The van der Waals surface area contributed by atoms with E-state index in [4.69, 9.17) is 0 Å². The van der Waals surface area contributed by atoms with Crippen LogP contribution >= 0.6 is 0 Å². The number of benzene rings is 1. The van der Waals surface area contributed by atoms with E-state index in [0.717, 1.165) is 44.1 Å². The van der Waals surface area contributed by atoms with Crippen molar-refractivity contribution in [3.63, 3.8) is 0 Å². The first-order chi connectivity index (χ1) is 17.0. The number of imide groups is 1. The predicted molar refractivity (Wildman–Crippen MR) is 136 cm³/mol. The summed E-state index contributed by atoms with van der Waals surface area (Å²) >= 11 is 0. The van der Waals surface area contributed by atoms with Gasteiger partial charge in [-0.2, -0.15) is 0 Å². The van der Waals surface area contributed by atoms with E-state index in [0.29, 0.717) is 12.5 Å². The molecule has 1 spiro atoms. The average Bonchev–Trinajstić information content (AvgIpc) is 3.11. The Morgan fingerprint density at radius 2 is 1.78 bits per heavy atom. The van der Waals surface area contributed by atoms with E-state index in [-0.39, 0.29) is 52.2 Å². The maximum atomic E-state index is 14.2. The number of carbonyl (C=O) groups excluding carboxylic acids is 2. The van der Waals surface area contributed by atoms with E-state index in [9.17, 15) is 19.5 Å². The Morgan fingerprint density at radius 1 is 1.06 bits per heavy atom. The van der Waals surface area contributed by atoms with Gasteiger partial charge in [-0.05, 0) is 73.7 Å². The lowest BCUT2D eigenvalue weighted by atomic mass is 9.34. The number of fused-ring (bicyclic) bond motifs is 1. The minimum atomic E-state index is -0.718. The van der Waals surface area contributed by atoms with Crippen molar-refractivity contribution in [3.05, 3.63) is 47.5 Å². The fourth-order valence-corrected chi connectivity index (χ4v) is 9.94. The van der Waals surface area contributed by atoms with Gasteiger partial charge in [0.2, 0.25) is 11.8 Å². The molecule has 0 unspecified atom stereocenters. The monoisotopic (exact) mass is 489 g/mol. The lowest BCUT2D eigenvalue weighted by Crippen LogP contribution is -2.65. The second-order valence-corrected chi connectivity index (χ2v) is 13.2. The second-order valence-electron chi connectivity index (χ2n) is 13.2. The van der Waals surface area contributed by atoms with Crippen molar-refractivity contribution in [1.29, 1.82) is 0 Å². The van der Waals surface area contributed by atoms with Crippen LogP contribution in [0.15, 0.2) is 42.0 Å². The molecular formula is C31H39NO4. The molecule has 8 atom stereocenters. The first-order valence-electron chi connectivity index (χ1n) is 13.9. The smallest absolute Gasteiger partial charge is 0.309 e. The highest BCUT2D eigenvalue weighted by Crippen LogP contribution is 2.74. The van der Waals surface area contributed by atoms with Crippen LogP contribution in [-0.4, -0.2) is 27.8 Å². The number of carboxylic acids is 1. The van der Waals surface area contributed by atoms with Gasteiger partial charge in [0.15, 0.2) is 0 Å². The van der Waals surface area contributed by atoms with Crippen molar-refractivity contribution in [3.8, 4) is 0 Å². The summed E-state index contributed by atoms with van der Waals surface area (Å²) < 4.78 is 0. The molecule has 2 bridgehead atoms. The first-order valence-corrected chi connectivity index (χ1v) is 13.9. The summed E-state index contributed by atoms with van der Waals surface area (Å²) in [5.41, 5.74) is 1.14. The molecule has 1 aromatic rings. The number of allylic oxidation sites excluding steroid dienone is 2. The fraction of sp³-hybridized carbons (Fsp3) is 0.645. The van der Waals surface area contributed by atoms with Crippen LogP contribution in [-0.2, 0) is 20.9 Å². The Labute approximate surface area is 214 Å². The van der Waals surface area contributed by atoms with Crippen molar-refractivity contribution in [2.45, 2.75) is 72.8 Å². The zero-order chi connectivity index (χ0) is 25.6. The first kappa shape index (κ1) is 23.9. The molecule has 1 N–H and O–H groups in total. The molecule has 1 aromatic carbocycles. The number of amides is 2. The summed E-state index contributed by atoms with van der Waals surface area (Å²) in [6, 6.07) is 9.82. The predicted octanol–water partition coefficient (Wildman–Crippen LogP) is 5.70. The lowest BCUT2D eigenvalue weighted by Gasteiger charge is -2.68. The van der Waals surface area contributed by atoms with Gasteiger partial charge in [0.1, 0.15) is 0 Å². The molecule has 5 aliphatic carbocycles. The number of carboxylic acid groups (broad SMARTS) is 1. The number of hydrogen-bond acceptors (Lipinski definition) is 3. The maximum Gasteiger partial charge on any atom is 0.309 e. The van der Waals surface area contributed by atoms with E-state index in [1.807, 2.05) is 37.3 Å². The summed E-state index contributed by atoms with van der Waals surface area (Å²) in [6.45, 7) is 9.05. The van der Waals surface area contributed by atoms with Crippen LogP contribution < -0.4 is 0 Å². The number of carbonyl (C=O) groups is 3. The maximum absolute atomic E-state index is 14.2. The molecule has 0 aromatic heterocycles. The van der Waals surface area contributed by atoms with Gasteiger partial charge >= 0.3 is 5.97 Å². The van der Waals surface area contributed by atoms with Gasteiger partial charge in [-0.15, -0.1) is 0 Å². The third kappa shape index (κ3) is 2.92. The van der Waals surface area contributed by atoms with Gasteiger partial charge < -0.3 is 5.11 Å². The SMILES string of the molecule is CC(C)C1=C[C@@]23CC[C@@H]4[C@](C)(CCC[C@@]4(C)C(=O)O)[C@@H]2C[C@@H]1[C@H]1C(=O)N(Cc2ccccc2)C(=O)[C@@H]13. The summed E-state index contributed by atoms with van der Waals surface area (Å²) in [6.07, 6.45) is 7.63. The largest absolute Gasteiger partial charge is 0.481 e. The molecule has 1 aliphatic heterocycles. The minimum Gasteiger partial charge on any atom is -0.481 e. The molecule has 7 rings (SSSR count). The third-order valence-corrected chi connectivity index (χ3v) is 11.4. The number of hydrogen-bond donors (Lipinski definition) is 1. The van der Waals surface area contributed by atoms with Gasteiger partial charge in [-0.1, -0.05) is 69.2 Å². The zero-order valence-electron chi connectivity index (χ0n) is 22.0. The molecular weight excluding hydrogens is 450 g/mol. The molecule has 2 amide bonds.